The average Bonchev–Trinajstić information content (AvgIpc) is 2.55. The normalized spacial score (nSPS) is 17.1. The minimum atomic E-state index is -0.141. The Morgan fingerprint density at radius 2 is 2.00 bits per heavy atom. The lowest BCUT2D eigenvalue weighted by molar-refractivity contribution is 0.0102. The van der Waals surface area contributed by atoms with E-state index >= 15 is 0 Å². The van der Waals surface area contributed by atoms with Crippen molar-refractivity contribution < 1.29 is 4.74 Å². The molecule has 0 N–H and O–H groups in total. The second kappa shape index (κ2) is 6.93. The van der Waals surface area contributed by atoms with Gasteiger partial charge in [0, 0.05) is 38.6 Å². The van der Waals surface area contributed by atoms with Crippen LogP contribution in [0.1, 0.15) is 19.3 Å². The highest BCUT2D eigenvalue weighted by Crippen LogP contribution is 2.12. The zero-order valence-corrected chi connectivity index (χ0v) is 12.8. The molecule has 118 valence electrons. The van der Waals surface area contributed by atoms with Crippen LogP contribution in [0.2, 0.25) is 0 Å². The van der Waals surface area contributed by atoms with Gasteiger partial charge in [0.05, 0.1) is 6.10 Å². The Labute approximate surface area is 129 Å². The fourth-order valence-corrected chi connectivity index (χ4v) is 2.68. The number of rotatable bonds is 5. The van der Waals surface area contributed by atoms with E-state index in [-0.39, 0.29) is 5.56 Å². The molecular weight excluding hydrogens is 282 g/mol. The molecule has 3 rings (SSSR count). The van der Waals surface area contributed by atoms with Crippen molar-refractivity contribution in [1.82, 2.24) is 24.4 Å². The Balaban J connectivity index is 1.52. The lowest BCUT2D eigenvalue weighted by atomic mass is 10.1. The zero-order valence-electron chi connectivity index (χ0n) is 12.8. The van der Waals surface area contributed by atoms with Gasteiger partial charge in [0.2, 0.25) is 0 Å². The van der Waals surface area contributed by atoms with Crippen LogP contribution in [0, 0.1) is 0 Å². The predicted molar refractivity (Wildman–Crippen MR) is 82.7 cm³/mol. The second-order valence-electron chi connectivity index (χ2n) is 5.70. The van der Waals surface area contributed by atoms with Crippen LogP contribution < -0.4 is 5.56 Å². The van der Waals surface area contributed by atoms with Crippen LogP contribution in [0.25, 0.3) is 11.2 Å². The van der Waals surface area contributed by atoms with Gasteiger partial charge < -0.3 is 9.64 Å². The highest BCUT2D eigenvalue weighted by molar-refractivity contribution is 5.66. The lowest BCUT2D eigenvalue weighted by Gasteiger charge is -2.28. The highest BCUT2D eigenvalue weighted by atomic mass is 16.5. The number of hydrogen-bond donors (Lipinski definition) is 0. The maximum absolute atomic E-state index is 12.2. The largest absolute Gasteiger partial charge is 0.378 e. The van der Waals surface area contributed by atoms with Crippen LogP contribution in [0.15, 0.2) is 23.5 Å². The molecule has 1 aliphatic rings. The van der Waals surface area contributed by atoms with E-state index < -0.39 is 0 Å². The van der Waals surface area contributed by atoms with E-state index in [0.29, 0.717) is 30.4 Å². The fourth-order valence-electron chi connectivity index (χ4n) is 2.68. The van der Waals surface area contributed by atoms with Crippen molar-refractivity contribution in [2.45, 2.75) is 31.9 Å². The third-order valence-corrected chi connectivity index (χ3v) is 4.02. The molecule has 3 heterocycles. The van der Waals surface area contributed by atoms with Crippen molar-refractivity contribution >= 4 is 11.2 Å². The molecule has 0 aromatic carbocycles. The van der Waals surface area contributed by atoms with Gasteiger partial charge in [-0.2, -0.15) is 0 Å². The van der Waals surface area contributed by atoms with E-state index in [1.54, 1.807) is 4.57 Å². The van der Waals surface area contributed by atoms with Gasteiger partial charge in [-0.15, -0.1) is 0 Å². The number of hydrogen-bond acceptors (Lipinski definition) is 6. The third kappa shape index (κ3) is 3.48. The van der Waals surface area contributed by atoms with Crippen LogP contribution in [0.3, 0.4) is 0 Å². The number of ether oxygens (including phenoxy) is 1. The van der Waals surface area contributed by atoms with Gasteiger partial charge in [-0.1, -0.05) is 0 Å². The van der Waals surface area contributed by atoms with Gasteiger partial charge in [0.1, 0.15) is 6.33 Å². The Hall–Kier alpha value is -1.86. The van der Waals surface area contributed by atoms with Crippen molar-refractivity contribution in [2.24, 2.45) is 0 Å². The molecule has 0 atom stereocenters. The molecule has 1 aliphatic heterocycles. The van der Waals surface area contributed by atoms with E-state index in [4.69, 9.17) is 4.74 Å². The van der Waals surface area contributed by atoms with Gasteiger partial charge in [0.25, 0.3) is 5.56 Å². The average molecular weight is 303 g/mol. The number of nitrogens with zero attached hydrogens (tertiary/aromatic N) is 5. The summed E-state index contributed by atoms with van der Waals surface area (Å²) in [4.78, 5) is 26.8. The van der Waals surface area contributed by atoms with Gasteiger partial charge in [-0.05, 0) is 26.3 Å². The van der Waals surface area contributed by atoms with E-state index in [9.17, 15) is 4.79 Å². The molecule has 0 saturated carbocycles. The molecule has 7 nitrogen and oxygen atoms in total. The van der Waals surface area contributed by atoms with Crippen LogP contribution in [0.5, 0.6) is 0 Å². The smallest absolute Gasteiger partial charge is 0.281 e. The molecule has 7 heteroatoms. The minimum absolute atomic E-state index is 0.141. The first kappa shape index (κ1) is 15.1. The Morgan fingerprint density at radius 1 is 1.23 bits per heavy atom. The first-order valence-electron chi connectivity index (χ1n) is 7.70. The quantitative estimate of drug-likeness (QED) is 0.757. The summed E-state index contributed by atoms with van der Waals surface area (Å²) in [6.07, 6.45) is 7.91. The minimum Gasteiger partial charge on any atom is -0.378 e. The van der Waals surface area contributed by atoms with Crippen molar-refractivity contribution in [1.29, 1.82) is 0 Å². The summed E-state index contributed by atoms with van der Waals surface area (Å²) in [5.41, 5.74) is 0.574. The number of likely N-dealkylation sites (tertiary alicyclic amines) is 1. The zero-order chi connectivity index (χ0) is 15.4. The van der Waals surface area contributed by atoms with E-state index in [1.807, 2.05) is 0 Å². The molecule has 1 fully saturated rings. The van der Waals surface area contributed by atoms with Crippen molar-refractivity contribution in [3.8, 4) is 0 Å². The highest BCUT2D eigenvalue weighted by Gasteiger charge is 2.16. The lowest BCUT2D eigenvalue weighted by Crippen LogP contribution is -2.34. The Bertz CT molecular complexity index is 679. The maximum Gasteiger partial charge on any atom is 0.281 e. The summed E-state index contributed by atoms with van der Waals surface area (Å²) >= 11 is 0. The topological polar surface area (TPSA) is 73.1 Å². The second-order valence-corrected chi connectivity index (χ2v) is 5.70. The maximum atomic E-state index is 12.2. The van der Waals surface area contributed by atoms with E-state index in [1.165, 1.54) is 18.7 Å². The molecule has 0 spiro atoms. The standard InChI is InChI=1S/C15H21N5O2/c1-19-8-3-12(4-9-19)22-10-2-7-20-11-18-14-13(15(20)21)16-5-6-17-14/h5-6,11-12H,2-4,7-10H2,1H3. The van der Waals surface area contributed by atoms with Gasteiger partial charge in [-0.3, -0.25) is 9.36 Å². The molecule has 1 saturated heterocycles. The number of fused-ring (bicyclic) bond motifs is 1. The molecule has 0 bridgehead atoms. The summed E-state index contributed by atoms with van der Waals surface area (Å²) in [6, 6.07) is 0. The third-order valence-electron chi connectivity index (χ3n) is 4.02. The number of aryl methyl sites for hydroxylation is 1. The predicted octanol–water partition coefficient (Wildman–Crippen LogP) is 0.687. The molecule has 2 aromatic rings. The summed E-state index contributed by atoms with van der Waals surface area (Å²) in [5.74, 6) is 0. The first-order chi connectivity index (χ1) is 10.7. The molecule has 2 aromatic heterocycles. The summed E-state index contributed by atoms with van der Waals surface area (Å²) in [6.45, 7) is 3.44. The van der Waals surface area contributed by atoms with E-state index in [2.05, 4.69) is 26.9 Å². The van der Waals surface area contributed by atoms with Crippen molar-refractivity contribution in [2.75, 3.05) is 26.7 Å². The Morgan fingerprint density at radius 3 is 2.82 bits per heavy atom. The number of piperidine rings is 1. The molecule has 0 aliphatic carbocycles. The van der Waals surface area contributed by atoms with Crippen LogP contribution >= 0.6 is 0 Å². The fraction of sp³-hybridized carbons (Fsp3) is 0.600. The molecule has 22 heavy (non-hydrogen) atoms. The Kier molecular flexibility index (Phi) is 4.74. The van der Waals surface area contributed by atoms with Crippen molar-refractivity contribution in [3.05, 3.63) is 29.1 Å². The van der Waals surface area contributed by atoms with Crippen LogP contribution in [-0.2, 0) is 11.3 Å². The molecule has 0 radical (unpaired) electrons. The summed E-state index contributed by atoms with van der Waals surface area (Å²) in [5, 5.41) is 0. The molecule has 0 unspecified atom stereocenters. The first-order valence-corrected chi connectivity index (χ1v) is 7.70. The van der Waals surface area contributed by atoms with Gasteiger partial charge in [0.15, 0.2) is 11.2 Å². The van der Waals surface area contributed by atoms with Gasteiger partial charge >= 0.3 is 0 Å². The van der Waals surface area contributed by atoms with Crippen molar-refractivity contribution in [3.63, 3.8) is 0 Å². The summed E-state index contributed by atoms with van der Waals surface area (Å²) in [7, 11) is 2.14. The van der Waals surface area contributed by atoms with Crippen LogP contribution in [-0.4, -0.2) is 57.3 Å². The molecule has 0 amide bonds. The number of aromatic nitrogens is 4. The van der Waals surface area contributed by atoms with E-state index in [0.717, 1.165) is 32.4 Å². The monoisotopic (exact) mass is 303 g/mol. The summed E-state index contributed by atoms with van der Waals surface area (Å²) < 4.78 is 7.47. The molecular formula is C15H21N5O2. The van der Waals surface area contributed by atoms with Crippen LogP contribution in [0.4, 0.5) is 0 Å². The SMILES string of the molecule is CN1CCC(OCCCn2cnc3nccnc3c2=O)CC1. The van der Waals surface area contributed by atoms with Gasteiger partial charge in [-0.25, -0.2) is 15.0 Å².